The van der Waals surface area contributed by atoms with Gasteiger partial charge in [-0.3, -0.25) is 4.79 Å². The van der Waals surface area contributed by atoms with Crippen molar-refractivity contribution in [3.8, 4) is 0 Å². The van der Waals surface area contributed by atoms with Crippen molar-refractivity contribution in [3.05, 3.63) is 11.7 Å². The third-order valence-electron chi connectivity index (χ3n) is 3.59. The minimum Gasteiger partial charge on any atom is -0.379 e. The lowest BCUT2D eigenvalue weighted by atomic mass is 10.2. The predicted octanol–water partition coefficient (Wildman–Crippen LogP) is 0.650. The highest BCUT2D eigenvalue weighted by Gasteiger charge is 2.24. The van der Waals surface area contributed by atoms with Gasteiger partial charge in [0, 0.05) is 13.2 Å². The minimum atomic E-state index is -0.312. The van der Waals surface area contributed by atoms with Crippen LogP contribution < -0.4 is 10.6 Å². The average molecular weight is 280 g/mol. The van der Waals surface area contributed by atoms with Crippen LogP contribution in [-0.4, -0.2) is 42.4 Å². The zero-order valence-electron chi connectivity index (χ0n) is 11.4. The molecule has 2 fully saturated rings. The molecule has 110 valence electrons. The van der Waals surface area contributed by atoms with Crippen molar-refractivity contribution in [2.75, 3.05) is 26.3 Å². The molecule has 1 aromatic rings. The molecule has 1 saturated heterocycles. The van der Waals surface area contributed by atoms with E-state index in [0.29, 0.717) is 19.0 Å². The van der Waals surface area contributed by atoms with Gasteiger partial charge in [-0.1, -0.05) is 5.16 Å². The maximum atomic E-state index is 11.8. The van der Waals surface area contributed by atoms with Gasteiger partial charge in [0.2, 0.25) is 5.89 Å². The van der Waals surface area contributed by atoms with Crippen LogP contribution in [-0.2, 0) is 4.74 Å². The number of nitrogens with one attached hydrogen (secondary N) is 2. The molecule has 1 amide bonds. The van der Waals surface area contributed by atoms with Crippen molar-refractivity contribution in [3.63, 3.8) is 0 Å². The topological polar surface area (TPSA) is 89.3 Å². The number of carbonyl (C=O) groups is 1. The maximum Gasteiger partial charge on any atom is 0.292 e. The zero-order chi connectivity index (χ0) is 13.8. The average Bonchev–Trinajstić information content (AvgIpc) is 2.97. The Morgan fingerprint density at radius 2 is 2.35 bits per heavy atom. The van der Waals surface area contributed by atoms with Crippen molar-refractivity contribution in [1.29, 1.82) is 0 Å². The van der Waals surface area contributed by atoms with E-state index < -0.39 is 0 Å². The van der Waals surface area contributed by atoms with Gasteiger partial charge in [-0.2, -0.15) is 4.98 Å². The number of rotatable bonds is 7. The standard InChI is InChI=1S/C13H20N4O3/c18-12(15-6-7-19-8-9-3-4-9)11-16-13(20-17-11)10-2-1-5-14-10/h9-10,14H,1-8H2,(H,15,18). The van der Waals surface area contributed by atoms with Crippen LogP contribution in [0.5, 0.6) is 0 Å². The predicted molar refractivity (Wildman–Crippen MR) is 70.2 cm³/mol. The summed E-state index contributed by atoms with van der Waals surface area (Å²) in [5.41, 5.74) is 0. The highest BCUT2D eigenvalue weighted by Crippen LogP contribution is 2.28. The molecule has 1 aliphatic heterocycles. The molecule has 1 unspecified atom stereocenters. The van der Waals surface area contributed by atoms with Gasteiger partial charge >= 0.3 is 0 Å². The Labute approximate surface area is 117 Å². The van der Waals surface area contributed by atoms with E-state index in [1.54, 1.807) is 0 Å². The summed E-state index contributed by atoms with van der Waals surface area (Å²) in [4.78, 5) is 15.9. The van der Waals surface area contributed by atoms with Gasteiger partial charge in [-0.25, -0.2) is 0 Å². The Morgan fingerprint density at radius 1 is 1.45 bits per heavy atom. The number of nitrogens with zero attached hydrogens (tertiary/aromatic N) is 2. The van der Waals surface area contributed by atoms with E-state index >= 15 is 0 Å². The first kappa shape index (κ1) is 13.5. The third-order valence-corrected chi connectivity index (χ3v) is 3.59. The van der Waals surface area contributed by atoms with Gasteiger partial charge in [0.1, 0.15) is 0 Å². The van der Waals surface area contributed by atoms with E-state index in [1.165, 1.54) is 12.8 Å². The Kier molecular flexibility index (Phi) is 4.27. The van der Waals surface area contributed by atoms with Crippen molar-refractivity contribution in [1.82, 2.24) is 20.8 Å². The lowest BCUT2D eigenvalue weighted by Gasteiger charge is -2.03. The number of hydrogen-bond acceptors (Lipinski definition) is 6. The number of amides is 1. The van der Waals surface area contributed by atoms with Crippen LogP contribution in [0.1, 0.15) is 48.2 Å². The van der Waals surface area contributed by atoms with E-state index in [4.69, 9.17) is 9.26 Å². The number of ether oxygens (including phenoxy) is 1. The molecule has 7 heteroatoms. The van der Waals surface area contributed by atoms with Gasteiger partial charge in [-0.05, 0) is 38.1 Å². The van der Waals surface area contributed by atoms with Gasteiger partial charge in [0.05, 0.1) is 12.6 Å². The monoisotopic (exact) mass is 280 g/mol. The van der Waals surface area contributed by atoms with Crippen LogP contribution in [0, 0.1) is 5.92 Å². The SMILES string of the molecule is O=C(NCCOCC1CC1)c1noc(C2CCCN2)n1. The van der Waals surface area contributed by atoms with E-state index in [1.807, 2.05) is 0 Å². The molecule has 0 aromatic carbocycles. The van der Waals surface area contributed by atoms with Crippen LogP contribution in [0.2, 0.25) is 0 Å². The Hall–Kier alpha value is -1.47. The van der Waals surface area contributed by atoms with Gasteiger partial charge in [-0.15, -0.1) is 0 Å². The second kappa shape index (κ2) is 6.32. The van der Waals surface area contributed by atoms with Crippen molar-refractivity contribution in [2.24, 2.45) is 5.92 Å². The van der Waals surface area contributed by atoms with Crippen LogP contribution in [0.3, 0.4) is 0 Å². The summed E-state index contributed by atoms with van der Waals surface area (Å²) in [5.74, 6) is 1.02. The first-order chi connectivity index (χ1) is 9.83. The highest BCUT2D eigenvalue weighted by molar-refractivity contribution is 5.90. The smallest absolute Gasteiger partial charge is 0.292 e. The first-order valence-electron chi connectivity index (χ1n) is 7.26. The molecular weight excluding hydrogens is 260 g/mol. The van der Waals surface area contributed by atoms with Crippen molar-refractivity contribution >= 4 is 5.91 Å². The molecule has 0 bridgehead atoms. The maximum absolute atomic E-state index is 11.8. The molecule has 20 heavy (non-hydrogen) atoms. The lowest BCUT2D eigenvalue weighted by molar-refractivity contribution is 0.0894. The summed E-state index contributed by atoms with van der Waals surface area (Å²) in [6.07, 6.45) is 4.60. The molecule has 1 aliphatic carbocycles. The van der Waals surface area contributed by atoms with Crippen LogP contribution in [0.25, 0.3) is 0 Å². The fourth-order valence-corrected chi connectivity index (χ4v) is 2.21. The molecule has 1 atom stereocenters. The van der Waals surface area contributed by atoms with Crippen molar-refractivity contribution in [2.45, 2.75) is 31.7 Å². The molecule has 0 radical (unpaired) electrons. The van der Waals surface area contributed by atoms with Gasteiger partial charge in [0.15, 0.2) is 0 Å². The molecule has 2 N–H and O–H groups in total. The van der Waals surface area contributed by atoms with Crippen LogP contribution >= 0.6 is 0 Å². The summed E-state index contributed by atoms with van der Waals surface area (Å²) in [6.45, 7) is 2.75. The molecule has 7 nitrogen and oxygen atoms in total. The van der Waals surface area contributed by atoms with E-state index in [2.05, 4.69) is 20.8 Å². The normalized spacial score (nSPS) is 22.1. The molecule has 3 rings (SSSR count). The van der Waals surface area contributed by atoms with E-state index in [-0.39, 0.29) is 17.8 Å². The van der Waals surface area contributed by atoms with Crippen LogP contribution in [0.15, 0.2) is 4.52 Å². The Balaban J connectivity index is 1.39. The Morgan fingerprint density at radius 3 is 3.10 bits per heavy atom. The largest absolute Gasteiger partial charge is 0.379 e. The lowest BCUT2D eigenvalue weighted by Crippen LogP contribution is -2.28. The second-order valence-electron chi connectivity index (χ2n) is 5.38. The van der Waals surface area contributed by atoms with Gasteiger partial charge < -0.3 is 19.9 Å². The van der Waals surface area contributed by atoms with Crippen molar-refractivity contribution < 1.29 is 14.1 Å². The quantitative estimate of drug-likeness (QED) is 0.713. The number of carbonyl (C=O) groups excluding carboxylic acids is 1. The molecular formula is C13H20N4O3. The molecule has 2 aliphatic rings. The number of hydrogen-bond donors (Lipinski definition) is 2. The fourth-order valence-electron chi connectivity index (χ4n) is 2.21. The highest BCUT2D eigenvalue weighted by atomic mass is 16.5. The van der Waals surface area contributed by atoms with E-state index in [9.17, 15) is 4.79 Å². The molecule has 2 heterocycles. The summed E-state index contributed by atoms with van der Waals surface area (Å²) < 4.78 is 10.6. The fraction of sp³-hybridized carbons (Fsp3) is 0.769. The summed E-state index contributed by atoms with van der Waals surface area (Å²) >= 11 is 0. The third kappa shape index (κ3) is 3.55. The second-order valence-corrected chi connectivity index (χ2v) is 5.38. The summed E-state index contributed by atoms with van der Waals surface area (Å²) in [7, 11) is 0. The summed E-state index contributed by atoms with van der Waals surface area (Å²) in [6, 6.07) is 0.0888. The molecule has 0 spiro atoms. The first-order valence-corrected chi connectivity index (χ1v) is 7.26. The minimum absolute atomic E-state index is 0.0888. The molecule has 1 saturated carbocycles. The zero-order valence-corrected chi connectivity index (χ0v) is 11.4. The Bertz CT molecular complexity index is 452. The molecule has 1 aromatic heterocycles. The summed E-state index contributed by atoms with van der Waals surface area (Å²) in [5, 5.41) is 9.70. The van der Waals surface area contributed by atoms with Crippen LogP contribution in [0.4, 0.5) is 0 Å². The van der Waals surface area contributed by atoms with Gasteiger partial charge in [0.25, 0.3) is 11.7 Å². The number of aromatic nitrogens is 2. The van der Waals surface area contributed by atoms with E-state index in [0.717, 1.165) is 31.9 Å².